The third-order valence-corrected chi connectivity index (χ3v) is 7.37. The number of anilines is 1. The van der Waals surface area contributed by atoms with Gasteiger partial charge in [0.1, 0.15) is 17.6 Å². The van der Waals surface area contributed by atoms with Crippen LogP contribution in [0.5, 0.6) is 5.75 Å². The van der Waals surface area contributed by atoms with Crippen LogP contribution < -0.4 is 16.4 Å². The first-order valence-electron chi connectivity index (χ1n) is 14.2. The third kappa shape index (κ3) is 8.20. The molecule has 1 unspecified atom stereocenters. The second-order valence-electron chi connectivity index (χ2n) is 11.8. The molecule has 0 radical (unpaired) electrons. The standard InChI is InChI=1S/C32H42N6O3/c1-32(2,3)24-9-11-25(12-10-24)38-29(21-27(36-38)23-15-18-37(4)19-16-23)34-17-5-6-30(40)35-28(31(33)41)20-22-7-13-26(39)14-8-22/h7-15,21,28,34,39H,5-6,16-20H2,1-4H3,(H2,33,41)(H,35,40). The van der Waals surface area contributed by atoms with E-state index in [9.17, 15) is 14.7 Å². The van der Waals surface area contributed by atoms with Crippen LogP contribution in [0.3, 0.4) is 0 Å². The van der Waals surface area contributed by atoms with Crippen LogP contribution >= 0.6 is 0 Å². The fraction of sp³-hybridized carbons (Fsp3) is 0.406. The summed E-state index contributed by atoms with van der Waals surface area (Å²) in [6.45, 7) is 9.04. The van der Waals surface area contributed by atoms with Gasteiger partial charge in [-0.2, -0.15) is 5.10 Å². The van der Waals surface area contributed by atoms with Crippen molar-refractivity contribution in [3.63, 3.8) is 0 Å². The van der Waals surface area contributed by atoms with E-state index in [1.807, 2.05) is 4.68 Å². The van der Waals surface area contributed by atoms with E-state index in [1.165, 1.54) is 11.1 Å². The quantitative estimate of drug-likeness (QED) is 0.264. The number of nitrogens with one attached hydrogen (secondary N) is 2. The lowest BCUT2D eigenvalue weighted by molar-refractivity contribution is -0.127. The molecule has 4 rings (SSSR count). The number of phenols is 1. The molecule has 5 N–H and O–H groups in total. The number of nitrogens with zero attached hydrogens (tertiary/aromatic N) is 3. The topological polar surface area (TPSA) is 126 Å². The van der Waals surface area contributed by atoms with Gasteiger partial charge in [0, 0.05) is 38.5 Å². The van der Waals surface area contributed by atoms with E-state index in [2.05, 4.69) is 79.8 Å². The molecule has 1 aliphatic rings. The average molecular weight is 559 g/mol. The fourth-order valence-electron chi connectivity index (χ4n) is 4.79. The van der Waals surface area contributed by atoms with Crippen molar-refractivity contribution in [2.45, 2.75) is 57.9 Å². The number of carbonyl (C=O) groups is 2. The Morgan fingerprint density at radius 3 is 2.41 bits per heavy atom. The van der Waals surface area contributed by atoms with Crippen molar-refractivity contribution in [2.24, 2.45) is 5.73 Å². The Kier molecular flexibility index (Phi) is 9.50. The van der Waals surface area contributed by atoms with Gasteiger partial charge in [-0.1, -0.05) is 51.1 Å². The minimum atomic E-state index is -0.817. The van der Waals surface area contributed by atoms with Gasteiger partial charge in [0.2, 0.25) is 11.8 Å². The van der Waals surface area contributed by atoms with Gasteiger partial charge in [0.25, 0.3) is 0 Å². The van der Waals surface area contributed by atoms with E-state index < -0.39 is 11.9 Å². The van der Waals surface area contributed by atoms with E-state index in [-0.39, 0.29) is 29.9 Å². The van der Waals surface area contributed by atoms with Crippen LogP contribution in [0.25, 0.3) is 11.3 Å². The van der Waals surface area contributed by atoms with Crippen LogP contribution in [-0.2, 0) is 21.4 Å². The number of likely N-dealkylation sites (N-methyl/N-ethyl adjacent to an activating group) is 1. The number of nitrogens with two attached hydrogens (primary N) is 1. The Hall–Kier alpha value is -4.11. The molecule has 0 bridgehead atoms. The zero-order valence-electron chi connectivity index (χ0n) is 24.5. The zero-order chi connectivity index (χ0) is 29.6. The van der Waals surface area contributed by atoms with Gasteiger partial charge in [-0.3, -0.25) is 9.59 Å². The predicted octanol–water partition coefficient (Wildman–Crippen LogP) is 4.00. The predicted molar refractivity (Wildman–Crippen MR) is 163 cm³/mol. The SMILES string of the molecule is CN1CC=C(c2cc(NCCCC(=O)NC(Cc3ccc(O)cc3)C(N)=O)n(-c3ccc(C(C)(C)C)cc3)n2)CC1. The van der Waals surface area contributed by atoms with E-state index in [0.717, 1.165) is 42.3 Å². The minimum absolute atomic E-state index is 0.0615. The number of hydrogen-bond acceptors (Lipinski definition) is 6. The smallest absolute Gasteiger partial charge is 0.240 e. The first kappa shape index (κ1) is 29.9. The molecule has 2 aromatic carbocycles. The maximum absolute atomic E-state index is 12.6. The monoisotopic (exact) mass is 558 g/mol. The number of aromatic nitrogens is 2. The van der Waals surface area contributed by atoms with Gasteiger partial charge in [-0.15, -0.1) is 0 Å². The lowest BCUT2D eigenvalue weighted by Crippen LogP contribution is -2.45. The van der Waals surface area contributed by atoms with E-state index >= 15 is 0 Å². The second-order valence-corrected chi connectivity index (χ2v) is 11.8. The van der Waals surface area contributed by atoms with Crippen molar-refractivity contribution >= 4 is 23.2 Å². The number of benzene rings is 2. The van der Waals surface area contributed by atoms with Gasteiger partial charge < -0.3 is 26.4 Å². The molecule has 2 heterocycles. The van der Waals surface area contributed by atoms with Crippen LogP contribution in [0.4, 0.5) is 5.82 Å². The Morgan fingerprint density at radius 1 is 1.10 bits per heavy atom. The molecule has 0 fully saturated rings. The molecule has 3 aromatic rings. The lowest BCUT2D eigenvalue weighted by atomic mass is 9.87. The maximum atomic E-state index is 12.6. The van der Waals surface area contributed by atoms with Crippen molar-refractivity contribution in [1.29, 1.82) is 0 Å². The summed E-state index contributed by atoms with van der Waals surface area (Å²) in [4.78, 5) is 26.9. The molecule has 0 saturated heterocycles. The molecule has 1 aromatic heterocycles. The van der Waals surface area contributed by atoms with Crippen molar-refractivity contribution in [3.05, 3.63) is 77.5 Å². The molecule has 1 aliphatic heterocycles. The van der Waals surface area contributed by atoms with E-state index in [1.54, 1.807) is 24.3 Å². The van der Waals surface area contributed by atoms with Gasteiger partial charge in [-0.25, -0.2) is 4.68 Å². The molecule has 9 heteroatoms. The molecule has 2 amide bonds. The molecular weight excluding hydrogens is 516 g/mol. The number of aromatic hydroxyl groups is 1. The number of hydrogen-bond donors (Lipinski definition) is 4. The molecule has 0 aliphatic carbocycles. The highest BCUT2D eigenvalue weighted by Gasteiger charge is 2.20. The number of amides is 2. The summed E-state index contributed by atoms with van der Waals surface area (Å²) in [6, 6.07) is 16.2. The van der Waals surface area contributed by atoms with Crippen molar-refractivity contribution < 1.29 is 14.7 Å². The van der Waals surface area contributed by atoms with Crippen LogP contribution in [0.2, 0.25) is 0 Å². The first-order valence-corrected chi connectivity index (χ1v) is 14.2. The molecule has 0 spiro atoms. The van der Waals surface area contributed by atoms with Gasteiger partial charge >= 0.3 is 0 Å². The summed E-state index contributed by atoms with van der Waals surface area (Å²) < 4.78 is 1.93. The van der Waals surface area contributed by atoms with Crippen LogP contribution in [0, 0.1) is 0 Å². The summed E-state index contributed by atoms with van der Waals surface area (Å²) >= 11 is 0. The fourth-order valence-corrected chi connectivity index (χ4v) is 4.79. The van der Waals surface area contributed by atoms with E-state index in [4.69, 9.17) is 10.8 Å². The van der Waals surface area contributed by atoms with Crippen LogP contribution in [0.1, 0.15) is 56.9 Å². The summed E-state index contributed by atoms with van der Waals surface area (Å²) in [6.07, 6.45) is 4.25. The number of carbonyl (C=O) groups excluding carboxylic acids is 2. The number of primary amides is 1. The molecule has 0 saturated carbocycles. The normalized spacial score (nSPS) is 14.8. The highest BCUT2D eigenvalue weighted by Crippen LogP contribution is 2.28. The van der Waals surface area contributed by atoms with Crippen LogP contribution in [-0.4, -0.2) is 64.3 Å². The van der Waals surface area contributed by atoms with Crippen LogP contribution in [0.15, 0.2) is 60.7 Å². The number of rotatable bonds is 11. The Labute approximate surface area is 242 Å². The highest BCUT2D eigenvalue weighted by atomic mass is 16.3. The Morgan fingerprint density at radius 2 is 1.80 bits per heavy atom. The Bertz CT molecular complexity index is 1370. The number of phenolic OH excluding ortho intramolecular Hbond substituents is 1. The molecular formula is C32H42N6O3. The molecule has 9 nitrogen and oxygen atoms in total. The zero-order valence-corrected chi connectivity index (χ0v) is 24.5. The molecule has 1 atom stereocenters. The summed E-state index contributed by atoms with van der Waals surface area (Å²) in [5.74, 6) is 0.171. The van der Waals surface area contributed by atoms with Crippen molar-refractivity contribution in [3.8, 4) is 11.4 Å². The summed E-state index contributed by atoms with van der Waals surface area (Å²) in [5.41, 5.74) is 10.8. The van der Waals surface area contributed by atoms with Crippen molar-refractivity contribution in [2.75, 3.05) is 32.0 Å². The molecule has 218 valence electrons. The van der Waals surface area contributed by atoms with Gasteiger partial charge in [0.15, 0.2) is 0 Å². The highest BCUT2D eigenvalue weighted by molar-refractivity contribution is 5.86. The lowest BCUT2D eigenvalue weighted by Gasteiger charge is -2.20. The average Bonchev–Trinajstić information content (AvgIpc) is 3.36. The minimum Gasteiger partial charge on any atom is -0.508 e. The van der Waals surface area contributed by atoms with E-state index in [0.29, 0.717) is 13.0 Å². The second kappa shape index (κ2) is 13.0. The first-order chi connectivity index (χ1) is 19.5. The maximum Gasteiger partial charge on any atom is 0.240 e. The molecule has 41 heavy (non-hydrogen) atoms. The van der Waals surface area contributed by atoms with Gasteiger partial charge in [-0.05, 0) is 66.3 Å². The third-order valence-electron chi connectivity index (χ3n) is 7.37. The summed E-state index contributed by atoms with van der Waals surface area (Å²) in [7, 11) is 2.12. The summed E-state index contributed by atoms with van der Waals surface area (Å²) in [5, 5.41) is 20.6. The van der Waals surface area contributed by atoms with Crippen molar-refractivity contribution in [1.82, 2.24) is 20.0 Å². The van der Waals surface area contributed by atoms with Gasteiger partial charge in [0.05, 0.1) is 11.4 Å². The Balaban J connectivity index is 1.40. The largest absolute Gasteiger partial charge is 0.508 e.